The van der Waals surface area contributed by atoms with Gasteiger partial charge in [0.1, 0.15) is 5.75 Å². The maximum Gasteiger partial charge on any atom is 0.223 e. The van der Waals surface area contributed by atoms with E-state index in [-0.39, 0.29) is 11.8 Å². The summed E-state index contributed by atoms with van der Waals surface area (Å²) in [5.41, 5.74) is 1.01. The first-order valence-electron chi connectivity index (χ1n) is 7.87. The van der Waals surface area contributed by atoms with E-state index in [0.717, 1.165) is 17.1 Å². The maximum absolute atomic E-state index is 12.2. The molecule has 0 spiro atoms. The highest BCUT2D eigenvalue weighted by Gasteiger charge is 2.13. The van der Waals surface area contributed by atoms with Crippen LogP contribution in [-0.2, 0) is 11.3 Å². The first-order chi connectivity index (χ1) is 11.2. The number of ether oxygens (including phenoxy) is 1. The van der Waals surface area contributed by atoms with Gasteiger partial charge in [0.15, 0.2) is 0 Å². The van der Waals surface area contributed by atoms with Crippen LogP contribution in [0.4, 0.5) is 0 Å². The Morgan fingerprint density at radius 2 is 1.83 bits per heavy atom. The molecule has 0 aliphatic carbocycles. The molecule has 0 heterocycles. The molecule has 1 atom stereocenters. The lowest BCUT2D eigenvalue weighted by molar-refractivity contribution is -0.124. The summed E-state index contributed by atoms with van der Waals surface area (Å²) in [7, 11) is 0. The van der Waals surface area contributed by atoms with Crippen molar-refractivity contribution in [3.8, 4) is 5.75 Å². The second-order valence-electron chi connectivity index (χ2n) is 5.28. The SMILES string of the molecule is CCOc1ccccc1CNC(=O)C(C)CSc1ccccc1. The summed E-state index contributed by atoms with van der Waals surface area (Å²) in [5.74, 6) is 1.63. The number of hydrogen-bond donors (Lipinski definition) is 1. The number of nitrogens with one attached hydrogen (secondary N) is 1. The number of hydrogen-bond acceptors (Lipinski definition) is 3. The third-order valence-corrected chi connectivity index (χ3v) is 4.69. The number of carbonyl (C=O) groups is 1. The van der Waals surface area contributed by atoms with Crippen LogP contribution < -0.4 is 10.1 Å². The van der Waals surface area contributed by atoms with E-state index in [1.54, 1.807) is 11.8 Å². The zero-order valence-electron chi connectivity index (χ0n) is 13.6. The Labute approximate surface area is 142 Å². The maximum atomic E-state index is 12.2. The smallest absolute Gasteiger partial charge is 0.223 e. The van der Waals surface area contributed by atoms with Crippen LogP contribution in [-0.4, -0.2) is 18.3 Å². The highest BCUT2D eigenvalue weighted by molar-refractivity contribution is 7.99. The standard InChI is InChI=1S/C19H23NO2S/c1-3-22-18-12-8-7-9-16(18)13-20-19(21)15(2)14-23-17-10-5-4-6-11-17/h4-12,15H,3,13-14H2,1-2H3,(H,20,21). The van der Waals surface area contributed by atoms with E-state index in [1.807, 2.05) is 56.3 Å². The van der Waals surface area contributed by atoms with Gasteiger partial charge in [0.25, 0.3) is 0 Å². The summed E-state index contributed by atoms with van der Waals surface area (Å²) >= 11 is 1.70. The van der Waals surface area contributed by atoms with E-state index in [9.17, 15) is 4.79 Å². The third-order valence-electron chi connectivity index (χ3n) is 3.42. The van der Waals surface area contributed by atoms with E-state index in [0.29, 0.717) is 13.2 Å². The fourth-order valence-electron chi connectivity index (χ4n) is 2.12. The van der Waals surface area contributed by atoms with Crippen LogP contribution in [0.1, 0.15) is 19.4 Å². The predicted octanol–water partition coefficient (Wildman–Crippen LogP) is 4.13. The van der Waals surface area contributed by atoms with Crippen molar-refractivity contribution in [3.63, 3.8) is 0 Å². The fourth-order valence-corrected chi connectivity index (χ4v) is 3.06. The van der Waals surface area contributed by atoms with Gasteiger partial charge in [0.05, 0.1) is 6.61 Å². The lowest BCUT2D eigenvalue weighted by atomic mass is 10.1. The first kappa shape index (κ1) is 17.4. The summed E-state index contributed by atoms with van der Waals surface area (Å²) in [6.45, 7) is 5.03. The summed E-state index contributed by atoms with van der Waals surface area (Å²) in [5, 5.41) is 3.00. The second kappa shape index (κ2) is 9.26. The number of thioether (sulfide) groups is 1. The Hall–Kier alpha value is -1.94. The zero-order valence-corrected chi connectivity index (χ0v) is 14.4. The molecule has 2 rings (SSSR count). The van der Waals surface area contributed by atoms with E-state index < -0.39 is 0 Å². The van der Waals surface area contributed by atoms with E-state index in [1.165, 1.54) is 4.90 Å². The van der Waals surface area contributed by atoms with E-state index >= 15 is 0 Å². The number of carbonyl (C=O) groups excluding carboxylic acids is 1. The summed E-state index contributed by atoms with van der Waals surface area (Å²) in [6.07, 6.45) is 0. The van der Waals surface area contributed by atoms with Crippen LogP contribution in [0.25, 0.3) is 0 Å². The van der Waals surface area contributed by atoms with Gasteiger partial charge >= 0.3 is 0 Å². The fraction of sp³-hybridized carbons (Fsp3) is 0.316. The highest BCUT2D eigenvalue weighted by atomic mass is 32.2. The van der Waals surface area contributed by atoms with Gasteiger partial charge in [0.2, 0.25) is 5.91 Å². The predicted molar refractivity (Wildman–Crippen MR) is 95.8 cm³/mol. The second-order valence-corrected chi connectivity index (χ2v) is 6.38. The van der Waals surface area contributed by atoms with Gasteiger partial charge in [0, 0.05) is 28.7 Å². The van der Waals surface area contributed by atoms with Gasteiger partial charge in [-0.05, 0) is 25.1 Å². The zero-order chi connectivity index (χ0) is 16.5. The molecule has 0 fully saturated rings. The quantitative estimate of drug-likeness (QED) is 0.740. The molecule has 1 amide bonds. The van der Waals surface area contributed by atoms with Crippen molar-refractivity contribution in [3.05, 3.63) is 60.2 Å². The Balaban J connectivity index is 1.82. The van der Waals surface area contributed by atoms with Crippen LogP contribution >= 0.6 is 11.8 Å². The molecule has 0 aliphatic rings. The van der Waals surface area contributed by atoms with Gasteiger partial charge in [-0.3, -0.25) is 4.79 Å². The largest absolute Gasteiger partial charge is 0.494 e. The molecule has 3 nitrogen and oxygen atoms in total. The molecule has 4 heteroatoms. The van der Waals surface area contributed by atoms with Gasteiger partial charge in [-0.25, -0.2) is 0 Å². The van der Waals surface area contributed by atoms with Crippen molar-refractivity contribution >= 4 is 17.7 Å². The molecular weight excluding hydrogens is 306 g/mol. The molecule has 2 aromatic carbocycles. The minimum atomic E-state index is -0.0422. The van der Waals surface area contributed by atoms with E-state index in [2.05, 4.69) is 17.4 Å². The van der Waals surface area contributed by atoms with Crippen LogP contribution in [0.15, 0.2) is 59.5 Å². The van der Waals surface area contributed by atoms with Crippen LogP contribution in [0, 0.1) is 5.92 Å². The van der Waals surface area contributed by atoms with Crippen molar-refractivity contribution < 1.29 is 9.53 Å². The van der Waals surface area contributed by atoms with Crippen molar-refractivity contribution in [2.45, 2.75) is 25.3 Å². The number of benzene rings is 2. The Kier molecular flexibility index (Phi) is 7.01. The molecule has 23 heavy (non-hydrogen) atoms. The third kappa shape index (κ3) is 5.64. The minimum Gasteiger partial charge on any atom is -0.494 e. The molecule has 2 aromatic rings. The first-order valence-corrected chi connectivity index (χ1v) is 8.85. The van der Waals surface area contributed by atoms with Crippen LogP contribution in [0.5, 0.6) is 5.75 Å². The highest BCUT2D eigenvalue weighted by Crippen LogP contribution is 2.21. The average Bonchev–Trinajstić information content (AvgIpc) is 2.59. The number of para-hydroxylation sites is 1. The van der Waals surface area contributed by atoms with Gasteiger partial charge in [-0.15, -0.1) is 11.8 Å². The van der Waals surface area contributed by atoms with Crippen molar-refractivity contribution in [1.82, 2.24) is 5.32 Å². The van der Waals surface area contributed by atoms with E-state index in [4.69, 9.17) is 4.74 Å². The molecule has 1 N–H and O–H groups in total. The van der Waals surface area contributed by atoms with Crippen molar-refractivity contribution in [1.29, 1.82) is 0 Å². The van der Waals surface area contributed by atoms with Gasteiger partial charge < -0.3 is 10.1 Å². The number of amides is 1. The van der Waals surface area contributed by atoms with Gasteiger partial charge in [-0.1, -0.05) is 43.3 Å². The Morgan fingerprint density at radius 3 is 2.57 bits per heavy atom. The Bertz CT molecular complexity index is 616. The number of rotatable bonds is 8. The van der Waals surface area contributed by atoms with Gasteiger partial charge in [-0.2, -0.15) is 0 Å². The average molecular weight is 329 g/mol. The normalized spacial score (nSPS) is 11.7. The summed E-state index contributed by atoms with van der Waals surface area (Å²) in [4.78, 5) is 13.4. The molecule has 1 unspecified atom stereocenters. The monoisotopic (exact) mass is 329 g/mol. The topological polar surface area (TPSA) is 38.3 Å². The summed E-state index contributed by atoms with van der Waals surface area (Å²) < 4.78 is 5.58. The van der Waals surface area contributed by atoms with Crippen LogP contribution in [0.2, 0.25) is 0 Å². The lowest BCUT2D eigenvalue weighted by Crippen LogP contribution is -2.30. The lowest BCUT2D eigenvalue weighted by Gasteiger charge is -2.14. The molecule has 0 aliphatic heterocycles. The molecule has 0 aromatic heterocycles. The molecule has 0 saturated carbocycles. The molecular formula is C19H23NO2S. The summed E-state index contributed by atoms with van der Waals surface area (Å²) in [6, 6.07) is 18.0. The minimum absolute atomic E-state index is 0.0422. The molecule has 0 radical (unpaired) electrons. The molecule has 0 bridgehead atoms. The molecule has 0 saturated heterocycles. The van der Waals surface area contributed by atoms with Crippen molar-refractivity contribution in [2.24, 2.45) is 5.92 Å². The molecule has 122 valence electrons. The van der Waals surface area contributed by atoms with Crippen LogP contribution in [0.3, 0.4) is 0 Å². The van der Waals surface area contributed by atoms with Crippen molar-refractivity contribution in [2.75, 3.05) is 12.4 Å². The Morgan fingerprint density at radius 1 is 1.13 bits per heavy atom.